The third-order valence-electron chi connectivity index (χ3n) is 2.17. The minimum absolute atomic E-state index is 0.232. The van der Waals surface area contributed by atoms with Crippen molar-refractivity contribution < 1.29 is 9.90 Å². The standard InChI is InChI=1S/C10H10N2O2/c1-2-6-3-4-8-9(12-6)7(5-11-8)10(13)14/h3-5,11H,2H2,1H3,(H,13,14). The van der Waals surface area contributed by atoms with Gasteiger partial charge in [-0.15, -0.1) is 0 Å². The highest BCUT2D eigenvalue weighted by molar-refractivity contribution is 6.01. The summed E-state index contributed by atoms with van der Waals surface area (Å²) in [6.07, 6.45) is 2.28. The van der Waals surface area contributed by atoms with E-state index in [0.717, 1.165) is 17.6 Å². The van der Waals surface area contributed by atoms with Crippen LogP contribution in [0.5, 0.6) is 0 Å². The summed E-state index contributed by atoms with van der Waals surface area (Å²) >= 11 is 0. The molecule has 0 atom stereocenters. The van der Waals surface area contributed by atoms with Crippen LogP contribution in [0, 0.1) is 0 Å². The molecule has 0 saturated heterocycles. The van der Waals surface area contributed by atoms with E-state index in [1.165, 1.54) is 6.20 Å². The average Bonchev–Trinajstić information content (AvgIpc) is 2.59. The number of pyridine rings is 1. The molecule has 0 bridgehead atoms. The Morgan fingerprint density at radius 3 is 3.00 bits per heavy atom. The van der Waals surface area contributed by atoms with E-state index in [-0.39, 0.29) is 5.56 Å². The molecule has 14 heavy (non-hydrogen) atoms. The molecule has 0 aliphatic rings. The number of rotatable bonds is 2. The summed E-state index contributed by atoms with van der Waals surface area (Å²) in [7, 11) is 0. The monoisotopic (exact) mass is 190 g/mol. The molecule has 0 amide bonds. The molecule has 0 spiro atoms. The Balaban J connectivity index is 2.69. The van der Waals surface area contributed by atoms with E-state index in [2.05, 4.69) is 9.97 Å². The van der Waals surface area contributed by atoms with Gasteiger partial charge in [0, 0.05) is 11.9 Å². The van der Waals surface area contributed by atoms with Gasteiger partial charge in [-0.1, -0.05) is 6.92 Å². The van der Waals surface area contributed by atoms with Crippen LogP contribution in [0.4, 0.5) is 0 Å². The molecule has 2 heterocycles. The topological polar surface area (TPSA) is 66.0 Å². The van der Waals surface area contributed by atoms with Gasteiger partial charge in [0.15, 0.2) is 0 Å². The lowest BCUT2D eigenvalue weighted by molar-refractivity contribution is 0.0699. The molecule has 0 aromatic carbocycles. The molecule has 4 heteroatoms. The molecule has 0 unspecified atom stereocenters. The Hall–Kier alpha value is -1.84. The molecule has 0 aliphatic carbocycles. The first kappa shape index (κ1) is 8.74. The lowest BCUT2D eigenvalue weighted by atomic mass is 10.2. The highest BCUT2D eigenvalue weighted by Crippen LogP contribution is 2.16. The summed E-state index contributed by atoms with van der Waals surface area (Å²) in [5.74, 6) is -0.947. The second kappa shape index (κ2) is 3.14. The van der Waals surface area contributed by atoms with E-state index >= 15 is 0 Å². The van der Waals surface area contributed by atoms with Gasteiger partial charge in [-0.05, 0) is 18.6 Å². The number of aryl methyl sites for hydroxylation is 1. The molecule has 0 aliphatic heterocycles. The number of nitrogens with zero attached hydrogens (tertiary/aromatic N) is 1. The summed E-state index contributed by atoms with van der Waals surface area (Å²) in [5, 5.41) is 8.88. The maximum Gasteiger partial charge on any atom is 0.339 e. The van der Waals surface area contributed by atoms with E-state index in [1.54, 1.807) is 0 Å². The highest BCUT2D eigenvalue weighted by atomic mass is 16.4. The summed E-state index contributed by atoms with van der Waals surface area (Å²) in [6.45, 7) is 1.99. The molecule has 72 valence electrons. The Bertz CT molecular complexity index is 488. The van der Waals surface area contributed by atoms with Crippen LogP contribution in [0.25, 0.3) is 11.0 Å². The van der Waals surface area contributed by atoms with Gasteiger partial charge in [0.25, 0.3) is 0 Å². The number of aromatic nitrogens is 2. The van der Waals surface area contributed by atoms with Crippen LogP contribution in [0.3, 0.4) is 0 Å². The number of aromatic carboxylic acids is 1. The van der Waals surface area contributed by atoms with Gasteiger partial charge in [0.05, 0.1) is 5.52 Å². The van der Waals surface area contributed by atoms with Gasteiger partial charge in [0.2, 0.25) is 0 Å². The van der Waals surface area contributed by atoms with Gasteiger partial charge < -0.3 is 10.1 Å². The van der Waals surface area contributed by atoms with Gasteiger partial charge in [-0.3, -0.25) is 4.98 Å². The fraction of sp³-hybridized carbons (Fsp3) is 0.200. The van der Waals surface area contributed by atoms with Crippen molar-refractivity contribution in [3.8, 4) is 0 Å². The number of carboxylic acids is 1. The molecule has 4 nitrogen and oxygen atoms in total. The van der Waals surface area contributed by atoms with Crippen molar-refractivity contribution in [3.63, 3.8) is 0 Å². The van der Waals surface area contributed by atoms with Crippen LogP contribution in [-0.2, 0) is 6.42 Å². The normalized spacial score (nSPS) is 10.6. The van der Waals surface area contributed by atoms with Crippen LogP contribution in [0.15, 0.2) is 18.3 Å². The van der Waals surface area contributed by atoms with E-state index in [1.807, 2.05) is 19.1 Å². The van der Waals surface area contributed by atoms with Crippen molar-refractivity contribution in [2.75, 3.05) is 0 Å². The molecule has 2 N–H and O–H groups in total. The molecule has 0 saturated carbocycles. The molecule has 0 radical (unpaired) electrons. The van der Waals surface area contributed by atoms with E-state index in [0.29, 0.717) is 5.52 Å². The molecule has 2 aromatic rings. The zero-order valence-electron chi connectivity index (χ0n) is 7.74. The Morgan fingerprint density at radius 1 is 1.57 bits per heavy atom. The van der Waals surface area contributed by atoms with Crippen LogP contribution in [0.2, 0.25) is 0 Å². The molecular formula is C10H10N2O2. The predicted octanol–water partition coefficient (Wildman–Crippen LogP) is 1.82. The summed E-state index contributed by atoms with van der Waals surface area (Å²) in [6, 6.07) is 3.75. The Morgan fingerprint density at radius 2 is 2.36 bits per heavy atom. The van der Waals surface area contributed by atoms with Gasteiger partial charge in [-0.2, -0.15) is 0 Å². The first-order valence-corrected chi connectivity index (χ1v) is 4.42. The SMILES string of the molecule is CCc1ccc2[nH]cc(C(=O)O)c2n1. The lowest BCUT2D eigenvalue weighted by Gasteiger charge is -1.96. The van der Waals surface area contributed by atoms with Crippen molar-refractivity contribution in [3.05, 3.63) is 29.6 Å². The van der Waals surface area contributed by atoms with Crippen molar-refractivity contribution in [1.29, 1.82) is 0 Å². The van der Waals surface area contributed by atoms with E-state index in [4.69, 9.17) is 5.11 Å². The number of carbonyl (C=O) groups is 1. The molecule has 2 aromatic heterocycles. The number of H-pyrrole nitrogens is 1. The summed E-state index contributed by atoms with van der Waals surface area (Å²) in [5.41, 5.74) is 2.44. The number of nitrogens with one attached hydrogen (secondary N) is 1. The third kappa shape index (κ3) is 1.25. The number of carboxylic acid groups (broad SMARTS) is 1. The fourth-order valence-electron chi connectivity index (χ4n) is 1.40. The zero-order valence-corrected chi connectivity index (χ0v) is 7.74. The van der Waals surface area contributed by atoms with Crippen molar-refractivity contribution >= 4 is 17.0 Å². The summed E-state index contributed by atoms with van der Waals surface area (Å²) in [4.78, 5) is 18.0. The molecule has 0 fully saturated rings. The quantitative estimate of drug-likeness (QED) is 0.759. The first-order valence-electron chi connectivity index (χ1n) is 4.42. The number of hydrogen-bond donors (Lipinski definition) is 2. The van der Waals surface area contributed by atoms with Gasteiger partial charge >= 0.3 is 5.97 Å². The fourth-order valence-corrected chi connectivity index (χ4v) is 1.40. The lowest BCUT2D eigenvalue weighted by Crippen LogP contribution is -1.96. The molecule has 2 rings (SSSR count). The second-order valence-electron chi connectivity index (χ2n) is 3.06. The van der Waals surface area contributed by atoms with E-state index < -0.39 is 5.97 Å². The maximum atomic E-state index is 10.8. The average molecular weight is 190 g/mol. The third-order valence-corrected chi connectivity index (χ3v) is 2.17. The van der Waals surface area contributed by atoms with Crippen molar-refractivity contribution in [2.45, 2.75) is 13.3 Å². The second-order valence-corrected chi connectivity index (χ2v) is 3.06. The minimum Gasteiger partial charge on any atom is -0.478 e. The minimum atomic E-state index is -0.947. The van der Waals surface area contributed by atoms with E-state index in [9.17, 15) is 4.79 Å². The number of fused-ring (bicyclic) bond motifs is 1. The summed E-state index contributed by atoms with van der Waals surface area (Å²) < 4.78 is 0. The molecular weight excluding hydrogens is 180 g/mol. The van der Waals surface area contributed by atoms with Gasteiger partial charge in [-0.25, -0.2) is 4.79 Å². The Kier molecular flexibility index (Phi) is 1.96. The van der Waals surface area contributed by atoms with Crippen molar-refractivity contribution in [1.82, 2.24) is 9.97 Å². The zero-order chi connectivity index (χ0) is 10.1. The number of aromatic amines is 1. The highest BCUT2D eigenvalue weighted by Gasteiger charge is 2.11. The smallest absolute Gasteiger partial charge is 0.339 e. The van der Waals surface area contributed by atoms with Crippen LogP contribution < -0.4 is 0 Å². The van der Waals surface area contributed by atoms with Crippen LogP contribution in [0.1, 0.15) is 23.0 Å². The maximum absolute atomic E-state index is 10.8. The van der Waals surface area contributed by atoms with Gasteiger partial charge in [0.1, 0.15) is 11.1 Å². The Labute approximate surface area is 80.6 Å². The van der Waals surface area contributed by atoms with Crippen molar-refractivity contribution in [2.24, 2.45) is 0 Å². The predicted molar refractivity (Wildman–Crippen MR) is 52.4 cm³/mol. The number of hydrogen-bond acceptors (Lipinski definition) is 2. The van der Waals surface area contributed by atoms with Crippen LogP contribution in [-0.4, -0.2) is 21.0 Å². The largest absolute Gasteiger partial charge is 0.478 e. The van der Waals surface area contributed by atoms with Crippen LogP contribution >= 0.6 is 0 Å². The first-order chi connectivity index (χ1) is 6.72.